The van der Waals surface area contributed by atoms with Gasteiger partial charge in [0, 0.05) is 17.8 Å². The van der Waals surface area contributed by atoms with Gasteiger partial charge in [-0.15, -0.1) is 23.7 Å². The fraction of sp³-hybridized carbons (Fsp3) is 0.643. The van der Waals surface area contributed by atoms with Crippen molar-refractivity contribution in [3.05, 3.63) is 16.1 Å². The van der Waals surface area contributed by atoms with E-state index in [0.29, 0.717) is 18.7 Å². The molecule has 1 aliphatic rings. The molecule has 8 heteroatoms. The average molecular weight is 347 g/mol. The maximum Gasteiger partial charge on any atom is 0.271 e. The van der Waals surface area contributed by atoms with Crippen molar-refractivity contribution in [3.8, 4) is 0 Å². The molecular weight excluding hydrogens is 324 g/mol. The summed E-state index contributed by atoms with van der Waals surface area (Å²) in [5.74, 6) is -0.444. The van der Waals surface area contributed by atoms with E-state index in [4.69, 9.17) is 5.73 Å². The van der Waals surface area contributed by atoms with Gasteiger partial charge >= 0.3 is 0 Å². The van der Waals surface area contributed by atoms with Gasteiger partial charge in [0.2, 0.25) is 5.91 Å². The van der Waals surface area contributed by atoms with Crippen molar-refractivity contribution in [2.75, 3.05) is 13.1 Å². The zero-order valence-corrected chi connectivity index (χ0v) is 14.1. The van der Waals surface area contributed by atoms with E-state index in [0.717, 1.165) is 17.8 Å². The molecule has 0 spiro atoms. The quantitative estimate of drug-likeness (QED) is 0.722. The highest BCUT2D eigenvalue weighted by Crippen LogP contribution is 2.17. The number of hydrogen-bond acceptors (Lipinski definition) is 5. The third-order valence-corrected chi connectivity index (χ3v) is 4.43. The van der Waals surface area contributed by atoms with Gasteiger partial charge in [-0.25, -0.2) is 4.98 Å². The van der Waals surface area contributed by atoms with E-state index in [-0.39, 0.29) is 36.8 Å². The molecule has 0 aliphatic heterocycles. The van der Waals surface area contributed by atoms with Gasteiger partial charge < -0.3 is 16.4 Å². The molecule has 0 atom stereocenters. The fourth-order valence-corrected chi connectivity index (χ4v) is 3.22. The van der Waals surface area contributed by atoms with Gasteiger partial charge in [-0.1, -0.05) is 19.3 Å². The van der Waals surface area contributed by atoms with E-state index < -0.39 is 0 Å². The highest BCUT2D eigenvalue weighted by Gasteiger charge is 2.17. The zero-order valence-electron chi connectivity index (χ0n) is 12.5. The van der Waals surface area contributed by atoms with Crippen molar-refractivity contribution in [3.63, 3.8) is 0 Å². The highest BCUT2D eigenvalue weighted by atomic mass is 35.5. The highest BCUT2D eigenvalue weighted by molar-refractivity contribution is 7.09. The summed E-state index contributed by atoms with van der Waals surface area (Å²) in [4.78, 5) is 27.9. The van der Waals surface area contributed by atoms with Crippen molar-refractivity contribution in [1.29, 1.82) is 0 Å². The lowest BCUT2D eigenvalue weighted by Crippen LogP contribution is -2.42. The first kappa shape index (κ1) is 18.9. The summed E-state index contributed by atoms with van der Waals surface area (Å²) < 4.78 is 0. The molecule has 1 aliphatic carbocycles. The number of rotatable bonds is 6. The number of halogens is 1. The van der Waals surface area contributed by atoms with E-state index >= 15 is 0 Å². The zero-order chi connectivity index (χ0) is 15.1. The summed E-state index contributed by atoms with van der Waals surface area (Å²) in [6.45, 7) is 0.511. The average Bonchev–Trinajstić information content (AvgIpc) is 2.95. The van der Waals surface area contributed by atoms with Crippen LogP contribution < -0.4 is 16.4 Å². The molecule has 1 heterocycles. The molecular formula is C14H23ClN4O2S. The van der Waals surface area contributed by atoms with Crippen molar-refractivity contribution >= 4 is 35.6 Å². The number of nitrogens with zero attached hydrogens (tertiary/aromatic N) is 1. The van der Waals surface area contributed by atoms with E-state index in [1.165, 1.54) is 30.6 Å². The van der Waals surface area contributed by atoms with Crippen LogP contribution in [0.4, 0.5) is 0 Å². The minimum absolute atomic E-state index is 0. The third kappa shape index (κ3) is 5.90. The summed E-state index contributed by atoms with van der Waals surface area (Å²) in [5, 5.41) is 8.10. The smallest absolute Gasteiger partial charge is 0.271 e. The number of carbonyl (C=O) groups is 2. The van der Waals surface area contributed by atoms with Gasteiger partial charge in [-0.2, -0.15) is 0 Å². The van der Waals surface area contributed by atoms with Crippen LogP contribution >= 0.6 is 23.7 Å². The number of hydrogen-bond donors (Lipinski definition) is 3. The number of amides is 2. The molecule has 1 aromatic heterocycles. The second kappa shape index (κ2) is 9.76. The van der Waals surface area contributed by atoms with Crippen molar-refractivity contribution in [1.82, 2.24) is 15.6 Å². The SMILES string of the molecule is Cl.NCCc1nc(C(=O)NCC(=O)NC2CCCCC2)cs1. The Morgan fingerprint density at radius 3 is 2.73 bits per heavy atom. The molecule has 2 rings (SSSR count). The molecule has 0 saturated heterocycles. The Morgan fingerprint density at radius 1 is 1.32 bits per heavy atom. The standard InChI is InChI=1S/C14H22N4O2S.ClH/c15-7-6-13-18-11(9-21-13)14(20)16-8-12(19)17-10-4-2-1-3-5-10;/h9-10H,1-8,15H2,(H,16,20)(H,17,19);1H. The molecule has 1 aromatic rings. The Labute approximate surface area is 140 Å². The van der Waals surface area contributed by atoms with Crippen LogP contribution in [0.25, 0.3) is 0 Å². The molecule has 1 saturated carbocycles. The van der Waals surface area contributed by atoms with Gasteiger partial charge in [0.1, 0.15) is 5.69 Å². The minimum atomic E-state index is -0.312. The lowest BCUT2D eigenvalue weighted by atomic mass is 9.95. The first-order valence-corrected chi connectivity index (χ1v) is 8.29. The fourth-order valence-electron chi connectivity index (χ4n) is 2.43. The van der Waals surface area contributed by atoms with Gasteiger partial charge in [-0.3, -0.25) is 9.59 Å². The molecule has 0 radical (unpaired) electrons. The van der Waals surface area contributed by atoms with Crippen LogP contribution in [0.3, 0.4) is 0 Å². The van der Waals surface area contributed by atoms with Crippen molar-refractivity contribution in [2.45, 2.75) is 44.6 Å². The Bertz CT molecular complexity index is 489. The number of nitrogens with one attached hydrogen (secondary N) is 2. The van der Waals surface area contributed by atoms with E-state index in [9.17, 15) is 9.59 Å². The lowest BCUT2D eigenvalue weighted by Gasteiger charge is -2.22. The number of aromatic nitrogens is 1. The van der Waals surface area contributed by atoms with Crippen molar-refractivity contribution in [2.24, 2.45) is 5.73 Å². The summed E-state index contributed by atoms with van der Waals surface area (Å²) >= 11 is 1.41. The summed E-state index contributed by atoms with van der Waals surface area (Å²) in [5.41, 5.74) is 5.80. The van der Waals surface area contributed by atoms with E-state index in [1.807, 2.05) is 0 Å². The summed E-state index contributed by atoms with van der Waals surface area (Å²) in [6, 6.07) is 0.263. The lowest BCUT2D eigenvalue weighted by molar-refractivity contribution is -0.121. The van der Waals surface area contributed by atoms with E-state index in [2.05, 4.69) is 15.6 Å². The van der Waals surface area contributed by atoms with Gasteiger partial charge in [0.25, 0.3) is 5.91 Å². The topological polar surface area (TPSA) is 97.1 Å². The maximum absolute atomic E-state index is 11.9. The first-order chi connectivity index (χ1) is 10.2. The Kier molecular flexibility index (Phi) is 8.37. The normalized spacial score (nSPS) is 15.0. The van der Waals surface area contributed by atoms with Gasteiger partial charge in [-0.05, 0) is 19.4 Å². The Morgan fingerprint density at radius 2 is 2.05 bits per heavy atom. The Balaban J connectivity index is 0.00000242. The molecule has 4 N–H and O–H groups in total. The maximum atomic E-state index is 11.9. The Hall–Kier alpha value is -1.18. The van der Waals surface area contributed by atoms with E-state index in [1.54, 1.807) is 5.38 Å². The second-order valence-electron chi connectivity index (χ2n) is 5.25. The van der Waals surface area contributed by atoms with Crippen LogP contribution in [0.15, 0.2) is 5.38 Å². The van der Waals surface area contributed by atoms with Crippen LogP contribution in [0.1, 0.15) is 47.6 Å². The summed E-state index contributed by atoms with van der Waals surface area (Å²) in [6.07, 6.45) is 6.32. The monoisotopic (exact) mass is 346 g/mol. The van der Waals surface area contributed by atoms with Gasteiger partial charge in [0.15, 0.2) is 0 Å². The molecule has 6 nitrogen and oxygen atoms in total. The predicted octanol–water partition coefficient (Wildman–Crippen LogP) is 1.24. The molecule has 124 valence electrons. The molecule has 0 aromatic carbocycles. The predicted molar refractivity (Wildman–Crippen MR) is 89.5 cm³/mol. The molecule has 2 amide bonds. The van der Waals surface area contributed by atoms with Crippen LogP contribution in [-0.2, 0) is 11.2 Å². The molecule has 1 fully saturated rings. The minimum Gasteiger partial charge on any atom is -0.352 e. The third-order valence-electron chi connectivity index (χ3n) is 3.52. The second-order valence-corrected chi connectivity index (χ2v) is 6.19. The number of carbonyl (C=O) groups excluding carboxylic acids is 2. The van der Waals surface area contributed by atoms with Gasteiger partial charge in [0.05, 0.1) is 11.6 Å². The first-order valence-electron chi connectivity index (χ1n) is 7.41. The molecule has 0 unspecified atom stereocenters. The van der Waals surface area contributed by atoms with Crippen LogP contribution in [-0.4, -0.2) is 35.9 Å². The largest absolute Gasteiger partial charge is 0.352 e. The van der Waals surface area contributed by atoms with Crippen molar-refractivity contribution < 1.29 is 9.59 Å². The van der Waals surface area contributed by atoms with Crippen LogP contribution in [0.5, 0.6) is 0 Å². The summed E-state index contributed by atoms with van der Waals surface area (Å²) in [7, 11) is 0. The number of thiazole rings is 1. The number of nitrogens with two attached hydrogens (primary N) is 1. The molecule has 22 heavy (non-hydrogen) atoms. The van der Waals surface area contributed by atoms with Crippen LogP contribution in [0, 0.1) is 0 Å². The molecule has 0 bridgehead atoms. The van der Waals surface area contributed by atoms with Crippen LogP contribution in [0.2, 0.25) is 0 Å².